The van der Waals surface area contributed by atoms with Crippen molar-refractivity contribution in [2.75, 3.05) is 19.7 Å². The average Bonchev–Trinajstić information content (AvgIpc) is 3.26. The molecule has 1 fully saturated rings. The van der Waals surface area contributed by atoms with Gasteiger partial charge in [-0.25, -0.2) is 9.97 Å². The zero-order chi connectivity index (χ0) is 16.9. The number of H-pyrrole nitrogens is 1. The standard InChI is InChI=1S/C15H23N7O2/c1-11(2)14-18-15(20-19-14)12-8-21(6-7-24-12)13(23)4-3-5-22-10-16-9-17-22/h9-12H,3-8H2,1-2H3,(H,18,19,20)/t12-/m1/s1. The van der Waals surface area contributed by atoms with Crippen molar-refractivity contribution in [3.05, 3.63) is 24.3 Å². The first kappa shape index (κ1) is 16.6. The number of nitrogens with zero attached hydrogens (tertiary/aromatic N) is 6. The lowest BCUT2D eigenvalue weighted by Gasteiger charge is -2.32. The molecule has 2 aromatic rings. The lowest BCUT2D eigenvalue weighted by Crippen LogP contribution is -2.42. The molecule has 1 amide bonds. The number of rotatable bonds is 6. The van der Waals surface area contributed by atoms with Crippen molar-refractivity contribution >= 4 is 5.91 Å². The van der Waals surface area contributed by atoms with Gasteiger partial charge in [-0.1, -0.05) is 13.8 Å². The first-order chi connectivity index (χ1) is 11.6. The van der Waals surface area contributed by atoms with Crippen LogP contribution >= 0.6 is 0 Å². The molecule has 2 aromatic heterocycles. The van der Waals surface area contributed by atoms with Gasteiger partial charge in [0.2, 0.25) is 5.91 Å². The zero-order valence-electron chi connectivity index (χ0n) is 14.1. The van der Waals surface area contributed by atoms with Crippen molar-refractivity contribution < 1.29 is 9.53 Å². The third-order valence-electron chi connectivity index (χ3n) is 4.00. The molecule has 0 unspecified atom stereocenters. The van der Waals surface area contributed by atoms with E-state index in [1.165, 1.54) is 6.33 Å². The molecule has 0 spiro atoms. The van der Waals surface area contributed by atoms with Crippen LogP contribution < -0.4 is 0 Å². The molecular weight excluding hydrogens is 310 g/mol. The summed E-state index contributed by atoms with van der Waals surface area (Å²) in [4.78, 5) is 22.6. The summed E-state index contributed by atoms with van der Waals surface area (Å²) >= 11 is 0. The fraction of sp³-hybridized carbons (Fsp3) is 0.667. The maximum absolute atomic E-state index is 12.4. The number of carbonyl (C=O) groups excluding carboxylic acids is 1. The number of aromatic amines is 1. The number of nitrogens with one attached hydrogen (secondary N) is 1. The predicted octanol–water partition coefficient (Wildman–Crippen LogP) is 0.900. The van der Waals surface area contributed by atoms with Crippen LogP contribution in [-0.4, -0.2) is 60.4 Å². The van der Waals surface area contributed by atoms with Crippen LogP contribution in [-0.2, 0) is 16.1 Å². The molecular formula is C15H23N7O2. The molecule has 130 valence electrons. The number of aromatic nitrogens is 6. The van der Waals surface area contributed by atoms with Crippen molar-refractivity contribution in [2.45, 2.75) is 45.3 Å². The summed E-state index contributed by atoms with van der Waals surface area (Å²) in [7, 11) is 0. The highest BCUT2D eigenvalue weighted by Crippen LogP contribution is 2.21. The van der Waals surface area contributed by atoms with E-state index in [9.17, 15) is 4.79 Å². The van der Waals surface area contributed by atoms with E-state index < -0.39 is 0 Å². The van der Waals surface area contributed by atoms with Gasteiger partial charge in [-0.2, -0.15) is 10.2 Å². The molecule has 0 saturated carbocycles. The van der Waals surface area contributed by atoms with Gasteiger partial charge in [0.05, 0.1) is 13.2 Å². The van der Waals surface area contributed by atoms with Gasteiger partial charge in [0.25, 0.3) is 0 Å². The van der Waals surface area contributed by atoms with Crippen LogP contribution in [0.4, 0.5) is 0 Å². The van der Waals surface area contributed by atoms with Crippen LogP contribution in [0.15, 0.2) is 12.7 Å². The van der Waals surface area contributed by atoms with Gasteiger partial charge >= 0.3 is 0 Å². The molecule has 9 nitrogen and oxygen atoms in total. The summed E-state index contributed by atoms with van der Waals surface area (Å²) in [5, 5.41) is 11.2. The minimum Gasteiger partial charge on any atom is -0.367 e. The highest BCUT2D eigenvalue weighted by atomic mass is 16.5. The van der Waals surface area contributed by atoms with Gasteiger partial charge in [0, 0.05) is 25.4 Å². The van der Waals surface area contributed by atoms with Gasteiger partial charge in [0.1, 0.15) is 18.8 Å². The number of carbonyl (C=O) groups is 1. The second kappa shape index (κ2) is 7.52. The predicted molar refractivity (Wildman–Crippen MR) is 85.0 cm³/mol. The zero-order valence-corrected chi connectivity index (χ0v) is 14.1. The van der Waals surface area contributed by atoms with Crippen molar-refractivity contribution in [1.82, 2.24) is 34.8 Å². The van der Waals surface area contributed by atoms with E-state index in [-0.39, 0.29) is 17.9 Å². The SMILES string of the molecule is CC(C)c1n[nH]c([C@H]2CN(C(=O)CCCn3cncn3)CCO2)n1. The number of aryl methyl sites for hydroxylation is 1. The fourth-order valence-corrected chi connectivity index (χ4v) is 2.63. The second-order valence-electron chi connectivity index (χ2n) is 6.19. The number of hydrogen-bond acceptors (Lipinski definition) is 6. The minimum atomic E-state index is -0.238. The Kier molecular flexibility index (Phi) is 5.19. The smallest absolute Gasteiger partial charge is 0.222 e. The fourth-order valence-electron chi connectivity index (χ4n) is 2.63. The number of ether oxygens (including phenoxy) is 1. The summed E-state index contributed by atoms with van der Waals surface area (Å²) in [6.45, 7) is 6.41. The van der Waals surface area contributed by atoms with Gasteiger partial charge in [-0.3, -0.25) is 14.6 Å². The number of amides is 1. The molecule has 1 N–H and O–H groups in total. The molecule has 1 aliphatic rings. The van der Waals surface area contributed by atoms with Crippen LogP contribution in [0.5, 0.6) is 0 Å². The molecule has 3 heterocycles. The minimum absolute atomic E-state index is 0.131. The Labute approximate surface area is 140 Å². The highest BCUT2D eigenvalue weighted by Gasteiger charge is 2.27. The van der Waals surface area contributed by atoms with Gasteiger partial charge in [0.15, 0.2) is 11.6 Å². The monoisotopic (exact) mass is 333 g/mol. The largest absolute Gasteiger partial charge is 0.367 e. The molecule has 0 aromatic carbocycles. The van der Waals surface area contributed by atoms with Gasteiger partial charge < -0.3 is 9.64 Å². The summed E-state index contributed by atoms with van der Waals surface area (Å²) in [5.41, 5.74) is 0. The molecule has 24 heavy (non-hydrogen) atoms. The van der Waals surface area contributed by atoms with Crippen LogP contribution in [0.2, 0.25) is 0 Å². The van der Waals surface area contributed by atoms with E-state index in [1.807, 2.05) is 18.7 Å². The Balaban J connectivity index is 1.51. The quantitative estimate of drug-likeness (QED) is 0.843. The van der Waals surface area contributed by atoms with E-state index in [0.29, 0.717) is 38.5 Å². The normalized spacial score (nSPS) is 18.3. The van der Waals surface area contributed by atoms with Crippen molar-refractivity contribution in [3.8, 4) is 0 Å². The molecule has 1 aliphatic heterocycles. The molecule has 9 heteroatoms. The second-order valence-corrected chi connectivity index (χ2v) is 6.19. The summed E-state index contributed by atoms with van der Waals surface area (Å²) in [5.74, 6) is 1.85. The van der Waals surface area contributed by atoms with Gasteiger partial charge in [-0.15, -0.1) is 0 Å². The Bertz CT molecular complexity index is 653. The number of morpholine rings is 1. The first-order valence-corrected chi connectivity index (χ1v) is 8.27. The summed E-state index contributed by atoms with van der Waals surface area (Å²) in [6.07, 6.45) is 4.14. The molecule has 3 rings (SSSR count). The molecule has 1 saturated heterocycles. The Morgan fingerprint density at radius 1 is 1.50 bits per heavy atom. The average molecular weight is 333 g/mol. The lowest BCUT2D eigenvalue weighted by atomic mass is 10.2. The van der Waals surface area contributed by atoms with Crippen LogP contribution in [0.3, 0.4) is 0 Å². The maximum Gasteiger partial charge on any atom is 0.222 e. The highest BCUT2D eigenvalue weighted by molar-refractivity contribution is 5.76. The van der Waals surface area contributed by atoms with Crippen LogP contribution in [0.1, 0.15) is 50.4 Å². The topological polar surface area (TPSA) is 102 Å². The molecule has 0 aliphatic carbocycles. The Hall–Kier alpha value is -2.29. The van der Waals surface area contributed by atoms with Crippen LogP contribution in [0, 0.1) is 0 Å². The Morgan fingerprint density at radius 2 is 2.38 bits per heavy atom. The van der Waals surface area contributed by atoms with Gasteiger partial charge in [-0.05, 0) is 6.42 Å². The molecule has 0 bridgehead atoms. The third kappa shape index (κ3) is 3.97. The number of hydrogen-bond donors (Lipinski definition) is 1. The summed E-state index contributed by atoms with van der Waals surface area (Å²) < 4.78 is 7.48. The van der Waals surface area contributed by atoms with E-state index in [4.69, 9.17) is 4.74 Å². The molecule has 1 atom stereocenters. The Morgan fingerprint density at radius 3 is 3.08 bits per heavy atom. The van der Waals surface area contributed by atoms with Crippen molar-refractivity contribution in [2.24, 2.45) is 0 Å². The molecule has 0 radical (unpaired) electrons. The third-order valence-corrected chi connectivity index (χ3v) is 4.00. The van der Waals surface area contributed by atoms with Crippen LogP contribution in [0.25, 0.3) is 0 Å². The van der Waals surface area contributed by atoms with E-state index in [2.05, 4.69) is 25.3 Å². The van der Waals surface area contributed by atoms with E-state index in [0.717, 1.165) is 12.2 Å². The maximum atomic E-state index is 12.4. The van der Waals surface area contributed by atoms with E-state index in [1.54, 1.807) is 11.0 Å². The first-order valence-electron chi connectivity index (χ1n) is 8.27. The van der Waals surface area contributed by atoms with Crippen molar-refractivity contribution in [1.29, 1.82) is 0 Å². The van der Waals surface area contributed by atoms with Crippen molar-refractivity contribution in [3.63, 3.8) is 0 Å². The lowest BCUT2D eigenvalue weighted by molar-refractivity contribution is -0.139. The summed E-state index contributed by atoms with van der Waals surface area (Å²) in [6, 6.07) is 0. The van der Waals surface area contributed by atoms with E-state index >= 15 is 0 Å².